The lowest BCUT2D eigenvalue weighted by Gasteiger charge is -2.18. The number of hydrogen-bond donors (Lipinski definition) is 0. The SMILES string of the molecule is CCCOC(=O)CCCCCCCCCC(C)C(C)C(=O)OCCC. The van der Waals surface area contributed by atoms with Gasteiger partial charge in [0.25, 0.3) is 0 Å². The van der Waals surface area contributed by atoms with Gasteiger partial charge in [0.2, 0.25) is 0 Å². The predicted molar refractivity (Wildman–Crippen MR) is 102 cm³/mol. The fourth-order valence-corrected chi connectivity index (χ4v) is 2.72. The second kappa shape index (κ2) is 16.4. The summed E-state index contributed by atoms with van der Waals surface area (Å²) in [6, 6.07) is 0. The Morgan fingerprint density at radius 3 is 1.88 bits per heavy atom. The van der Waals surface area contributed by atoms with Gasteiger partial charge in [0.1, 0.15) is 0 Å². The third-order valence-corrected chi connectivity index (χ3v) is 4.68. The van der Waals surface area contributed by atoms with E-state index in [1.807, 2.05) is 20.8 Å². The van der Waals surface area contributed by atoms with E-state index in [1.54, 1.807) is 0 Å². The Hall–Kier alpha value is -1.06. The summed E-state index contributed by atoms with van der Waals surface area (Å²) in [6.45, 7) is 9.23. The van der Waals surface area contributed by atoms with Crippen LogP contribution < -0.4 is 0 Å². The third kappa shape index (κ3) is 13.9. The molecule has 0 N–H and O–H groups in total. The number of carbonyl (C=O) groups is 2. The van der Waals surface area contributed by atoms with Gasteiger partial charge in [-0.05, 0) is 31.6 Å². The summed E-state index contributed by atoms with van der Waals surface area (Å²) in [6.07, 6.45) is 11.5. The van der Waals surface area contributed by atoms with Gasteiger partial charge < -0.3 is 9.47 Å². The highest BCUT2D eigenvalue weighted by molar-refractivity contribution is 5.72. The van der Waals surface area contributed by atoms with Crippen LogP contribution in [0.4, 0.5) is 0 Å². The summed E-state index contributed by atoms with van der Waals surface area (Å²) in [5.41, 5.74) is 0. The predicted octanol–water partition coefficient (Wildman–Crippen LogP) is 5.68. The summed E-state index contributed by atoms with van der Waals surface area (Å²) in [5, 5.41) is 0. The molecule has 0 aliphatic heterocycles. The average molecular weight is 357 g/mol. The van der Waals surface area contributed by atoms with Crippen LogP contribution in [0.25, 0.3) is 0 Å². The summed E-state index contributed by atoms with van der Waals surface area (Å²) in [4.78, 5) is 23.2. The number of ether oxygens (including phenoxy) is 2. The first-order valence-corrected chi connectivity index (χ1v) is 10.3. The standard InChI is InChI=1S/C21H40O4/c1-5-16-24-20(22)15-13-11-9-7-8-10-12-14-18(3)19(4)21(23)25-17-6-2/h18-19H,5-17H2,1-4H3. The van der Waals surface area contributed by atoms with Crippen molar-refractivity contribution in [3.63, 3.8) is 0 Å². The molecule has 25 heavy (non-hydrogen) atoms. The topological polar surface area (TPSA) is 52.6 Å². The van der Waals surface area contributed by atoms with Crippen molar-refractivity contribution in [2.45, 2.75) is 98.3 Å². The minimum absolute atomic E-state index is 0.000913. The maximum absolute atomic E-state index is 11.8. The molecule has 4 heteroatoms. The van der Waals surface area contributed by atoms with E-state index >= 15 is 0 Å². The van der Waals surface area contributed by atoms with Crippen molar-refractivity contribution in [1.29, 1.82) is 0 Å². The molecule has 0 aromatic carbocycles. The molecular weight excluding hydrogens is 316 g/mol. The van der Waals surface area contributed by atoms with Crippen molar-refractivity contribution >= 4 is 11.9 Å². The fraction of sp³-hybridized carbons (Fsp3) is 0.905. The molecule has 4 nitrogen and oxygen atoms in total. The van der Waals surface area contributed by atoms with Gasteiger partial charge in [-0.3, -0.25) is 9.59 Å². The van der Waals surface area contributed by atoms with Gasteiger partial charge in [0.15, 0.2) is 0 Å². The fourth-order valence-electron chi connectivity index (χ4n) is 2.72. The molecule has 0 fully saturated rings. The van der Waals surface area contributed by atoms with Crippen LogP contribution >= 0.6 is 0 Å². The highest BCUT2D eigenvalue weighted by Crippen LogP contribution is 2.20. The van der Waals surface area contributed by atoms with Crippen molar-refractivity contribution in [2.24, 2.45) is 11.8 Å². The second-order valence-electron chi connectivity index (χ2n) is 7.17. The monoisotopic (exact) mass is 356 g/mol. The van der Waals surface area contributed by atoms with E-state index < -0.39 is 0 Å². The molecule has 0 spiro atoms. The molecule has 0 aromatic rings. The quantitative estimate of drug-likeness (QED) is 0.264. The second-order valence-corrected chi connectivity index (χ2v) is 7.17. The number of rotatable bonds is 16. The van der Waals surface area contributed by atoms with E-state index in [9.17, 15) is 9.59 Å². The van der Waals surface area contributed by atoms with Crippen molar-refractivity contribution in [3.05, 3.63) is 0 Å². The summed E-state index contributed by atoms with van der Waals surface area (Å²) < 4.78 is 10.3. The van der Waals surface area contributed by atoms with Crippen molar-refractivity contribution in [3.8, 4) is 0 Å². The number of unbranched alkanes of at least 4 members (excludes halogenated alkanes) is 6. The van der Waals surface area contributed by atoms with Crippen LogP contribution in [0, 0.1) is 11.8 Å². The van der Waals surface area contributed by atoms with Crippen molar-refractivity contribution in [1.82, 2.24) is 0 Å². The first-order valence-electron chi connectivity index (χ1n) is 10.3. The van der Waals surface area contributed by atoms with Crippen molar-refractivity contribution < 1.29 is 19.1 Å². The van der Waals surface area contributed by atoms with Gasteiger partial charge in [-0.2, -0.15) is 0 Å². The Morgan fingerprint density at radius 1 is 0.760 bits per heavy atom. The van der Waals surface area contributed by atoms with Gasteiger partial charge >= 0.3 is 11.9 Å². The Balaban J connectivity index is 3.48. The highest BCUT2D eigenvalue weighted by atomic mass is 16.5. The van der Waals surface area contributed by atoms with Crippen LogP contribution in [0.5, 0.6) is 0 Å². The molecule has 0 saturated heterocycles. The van der Waals surface area contributed by atoms with E-state index in [4.69, 9.17) is 9.47 Å². The molecule has 0 aliphatic carbocycles. The average Bonchev–Trinajstić information content (AvgIpc) is 2.61. The number of carbonyl (C=O) groups excluding carboxylic acids is 2. The van der Waals surface area contributed by atoms with Crippen LogP contribution in [0.3, 0.4) is 0 Å². The van der Waals surface area contributed by atoms with Gasteiger partial charge in [0, 0.05) is 6.42 Å². The van der Waals surface area contributed by atoms with E-state index in [2.05, 4.69) is 6.92 Å². The molecular formula is C21H40O4. The Labute approximate surface area is 155 Å². The first kappa shape index (κ1) is 23.9. The van der Waals surface area contributed by atoms with Gasteiger partial charge in [-0.1, -0.05) is 66.2 Å². The summed E-state index contributed by atoms with van der Waals surface area (Å²) >= 11 is 0. The van der Waals surface area contributed by atoms with Crippen molar-refractivity contribution in [2.75, 3.05) is 13.2 Å². The molecule has 148 valence electrons. The Bertz CT molecular complexity index is 341. The van der Waals surface area contributed by atoms with Crippen LogP contribution in [0.2, 0.25) is 0 Å². The first-order chi connectivity index (χ1) is 12.0. The molecule has 2 unspecified atom stereocenters. The lowest BCUT2D eigenvalue weighted by Crippen LogP contribution is -2.21. The molecule has 0 bridgehead atoms. The zero-order chi connectivity index (χ0) is 18.9. The minimum atomic E-state index is -0.0533. The van der Waals surface area contributed by atoms with Gasteiger partial charge in [0.05, 0.1) is 19.1 Å². The Morgan fingerprint density at radius 2 is 1.28 bits per heavy atom. The lowest BCUT2D eigenvalue weighted by molar-refractivity contribution is -0.149. The van der Waals surface area contributed by atoms with E-state index in [1.165, 1.54) is 32.1 Å². The molecule has 0 amide bonds. The van der Waals surface area contributed by atoms with Gasteiger partial charge in [-0.25, -0.2) is 0 Å². The van der Waals surface area contributed by atoms with E-state index in [-0.39, 0.29) is 17.9 Å². The van der Waals surface area contributed by atoms with E-state index in [0.717, 1.165) is 32.1 Å². The Kier molecular flexibility index (Phi) is 15.7. The highest BCUT2D eigenvalue weighted by Gasteiger charge is 2.20. The van der Waals surface area contributed by atoms with Crippen LogP contribution in [0.1, 0.15) is 98.3 Å². The maximum atomic E-state index is 11.8. The zero-order valence-corrected chi connectivity index (χ0v) is 17.0. The normalized spacial score (nSPS) is 13.3. The molecule has 0 saturated carbocycles. The van der Waals surface area contributed by atoms with Crippen LogP contribution in [-0.4, -0.2) is 25.2 Å². The third-order valence-electron chi connectivity index (χ3n) is 4.68. The van der Waals surface area contributed by atoms with Crippen LogP contribution in [0.15, 0.2) is 0 Å². The minimum Gasteiger partial charge on any atom is -0.466 e. The molecule has 0 radical (unpaired) electrons. The number of hydrogen-bond acceptors (Lipinski definition) is 4. The number of esters is 2. The molecule has 0 heterocycles. The molecule has 0 aliphatic rings. The summed E-state index contributed by atoms with van der Waals surface area (Å²) in [5.74, 6) is 0.284. The largest absolute Gasteiger partial charge is 0.466 e. The molecule has 0 rings (SSSR count). The van der Waals surface area contributed by atoms with Gasteiger partial charge in [-0.15, -0.1) is 0 Å². The maximum Gasteiger partial charge on any atom is 0.308 e. The smallest absolute Gasteiger partial charge is 0.308 e. The zero-order valence-electron chi connectivity index (χ0n) is 17.0. The van der Waals surface area contributed by atoms with Crippen LogP contribution in [-0.2, 0) is 19.1 Å². The summed E-state index contributed by atoms with van der Waals surface area (Å²) in [7, 11) is 0. The lowest BCUT2D eigenvalue weighted by atomic mass is 9.90. The van der Waals surface area contributed by atoms with E-state index in [0.29, 0.717) is 25.6 Å². The molecule has 2 atom stereocenters. The molecule has 0 aromatic heterocycles.